The van der Waals surface area contributed by atoms with Crippen molar-refractivity contribution in [2.24, 2.45) is 0 Å². The smallest absolute Gasteiger partial charge is 0.421 e. The highest BCUT2D eigenvalue weighted by atomic mass is 32.2. The molecule has 1 aromatic carbocycles. The van der Waals surface area contributed by atoms with Crippen LogP contribution in [0.5, 0.6) is 0 Å². The molecule has 136 valence electrons. The minimum Gasteiger partial charge on any atom is -0.743 e. The second kappa shape index (κ2) is 6.94. The van der Waals surface area contributed by atoms with Crippen LogP contribution in [0.1, 0.15) is 5.56 Å². The first-order valence-electron chi connectivity index (χ1n) is 6.01. The average molecular weight is 390 g/mol. The molecule has 13 heteroatoms. The lowest BCUT2D eigenvalue weighted by molar-refractivity contribution is -0.0302. The fraction of sp³-hybridized carbons (Fsp3) is 0.364. The van der Waals surface area contributed by atoms with E-state index >= 15 is 0 Å². The number of sulfonamides is 1. The lowest BCUT2D eigenvalue weighted by Crippen LogP contribution is -2.42. The number of amides is 1. The van der Waals surface area contributed by atoms with E-state index in [9.17, 15) is 39.4 Å². The predicted octanol–water partition coefficient (Wildman–Crippen LogP) is 0.886. The second-order valence-corrected chi connectivity index (χ2v) is 7.64. The molecule has 1 unspecified atom stereocenters. The molecule has 1 N–H and O–H groups in total. The number of alkyl halides is 3. The van der Waals surface area contributed by atoms with Crippen molar-refractivity contribution in [3.05, 3.63) is 29.8 Å². The molecule has 0 fully saturated rings. The van der Waals surface area contributed by atoms with Gasteiger partial charge < -0.3 is 9.29 Å². The van der Waals surface area contributed by atoms with E-state index in [0.717, 1.165) is 17.7 Å². The maximum atomic E-state index is 13.1. The SMILES string of the molecule is Cc1ccc(S(=O)(=O)NC(=O)OCC(F)C(F)(F)S(=O)(=O)[O-])cc1. The lowest BCUT2D eigenvalue weighted by atomic mass is 10.2. The fourth-order valence-corrected chi connectivity index (χ4v) is 2.59. The first kappa shape index (κ1) is 20.2. The average Bonchev–Trinajstić information content (AvgIpc) is 2.43. The Morgan fingerprint density at radius 1 is 1.25 bits per heavy atom. The minimum absolute atomic E-state index is 0.352. The van der Waals surface area contributed by atoms with Gasteiger partial charge >= 0.3 is 11.3 Å². The van der Waals surface area contributed by atoms with Crippen LogP contribution < -0.4 is 4.72 Å². The zero-order chi connectivity index (χ0) is 18.8. The van der Waals surface area contributed by atoms with Crippen molar-refractivity contribution in [2.45, 2.75) is 23.2 Å². The molecule has 24 heavy (non-hydrogen) atoms. The number of hydrogen-bond acceptors (Lipinski definition) is 7. The summed E-state index contributed by atoms with van der Waals surface area (Å²) >= 11 is 0. The Hall–Kier alpha value is -1.86. The molecule has 0 aliphatic rings. The monoisotopic (exact) mass is 390 g/mol. The Balaban J connectivity index is 2.71. The second-order valence-electron chi connectivity index (χ2n) is 4.50. The number of nitrogens with one attached hydrogen (secondary N) is 1. The minimum atomic E-state index is -6.32. The van der Waals surface area contributed by atoms with Gasteiger partial charge in [0.05, 0.1) is 4.90 Å². The van der Waals surface area contributed by atoms with Gasteiger partial charge in [-0.2, -0.15) is 8.78 Å². The molecule has 0 saturated heterocycles. The third kappa shape index (κ3) is 4.82. The molecule has 1 atom stereocenters. The van der Waals surface area contributed by atoms with E-state index in [1.165, 1.54) is 16.9 Å². The van der Waals surface area contributed by atoms with E-state index in [1.807, 2.05) is 0 Å². The first-order valence-corrected chi connectivity index (χ1v) is 8.90. The van der Waals surface area contributed by atoms with Crippen molar-refractivity contribution < 1.29 is 44.1 Å². The summed E-state index contributed by atoms with van der Waals surface area (Å²) in [4.78, 5) is 10.9. The standard InChI is InChI=1S/C11H12F3NO7S2/c1-7-2-4-8(5-3-7)23(17,18)15-10(16)22-6-9(12)11(13,14)24(19,20)21/h2-5,9H,6H2,1H3,(H,15,16)(H,19,20,21)/p-1. The maximum Gasteiger partial charge on any atom is 0.421 e. The first-order chi connectivity index (χ1) is 10.8. The normalized spacial score (nSPS) is 14.0. The van der Waals surface area contributed by atoms with Crippen LogP contribution in [-0.4, -0.2) is 45.5 Å². The predicted molar refractivity (Wildman–Crippen MR) is 72.4 cm³/mol. The van der Waals surface area contributed by atoms with Gasteiger partial charge in [0.15, 0.2) is 10.1 Å². The van der Waals surface area contributed by atoms with E-state index in [2.05, 4.69) is 4.74 Å². The molecule has 0 radical (unpaired) electrons. The van der Waals surface area contributed by atoms with Gasteiger partial charge in [0, 0.05) is 0 Å². The highest BCUT2D eigenvalue weighted by Gasteiger charge is 2.48. The van der Waals surface area contributed by atoms with Crippen LogP contribution in [0.4, 0.5) is 18.0 Å². The van der Waals surface area contributed by atoms with Gasteiger partial charge in [0.1, 0.15) is 6.61 Å². The number of carbonyl (C=O) groups excluding carboxylic acids is 1. The van der Waals surface area contributed by atoms with E-state index in [1.54, 1.807) is 6.92 Å². The number of ether oxygens (including phenoxy) is 1. The molecule has 0 spiro atoms. The van der Waals surface area contributed by atoms with Crippen molar-refractivity contribution in [3.8, 4) is 0 Å². The molecule has 0 heterocycles. The third-order valence-corrected chi connectivity index (χ3v) is 4.86. The number of benzene rings is 1. The van der Waals surface area contributed by atoms with Crippen molar-refractivity contribution in [3.63, 3.8) is 0 Å². The third-order valence-electron chi connectivity index (χ3n) is 2.61. The Labute approximate surface area is 135 Å². The van der Waals surface area contributed by atoms with Gasteiger partial charge in [-0.15, -0.1) is 0 Å². The summed E-state index contributed by atoms with van der Waals surface area (Å²) in [7, 11) is -10.7. The van der Waals surface area contributed by atoms with Crippen LogP contribution >= 0.6 is 0 Å². The van der Waals surface area contributed by atoms with Crippen LogP contribution in [-0.2, 0) is 24.9 Å². The lowest BCUT2D eigenvalue weighted by Gasteiger charge is -2.22. The molecule has 0 aliphatic heterocycles. The fourth-order valence-electron chi connectivity index (χ4n) is 1.32. The zero-order valence-electron chi connectivity index (χ0n) is 11.9. The van der Waals surface area contributed by atoms with Crippen molar-refractivity contribution in [2.75, 3.05) is 6.61 Å². The highest BCUT2D eigenvalue weighted by molar-refractivity contribution is 7.90. The van der Waals surface area contributed by atoms with E-state index in [4.69, 9.17) is 0 Å². The van der Waals surface area contributed by atoms with E-state index in [0.29, 0.717) is 0 Å². The van der Waals surface area contributed by atoms with Crippen molar-refractivity contribution in [1.82, 2.24) is 4.72 Å². The molecular weight excluding hydrogens is 379 g/mol. The maximum absolute atomic E-state index is 13.1. The van der Waals surface area contributed by atoms with E-state index < -0.39 is 44.3 Å². The molecular formula is C11H11F3NO7S2-. The summed E-state index contributed by atoms with van der Waals surface area (Å²) in [5.41, 5.74) is 0.720. The molecule has 0 saturated carbocycles. The topological polar surface area (TPSA) is 130 Å². The number of hydrogen-bond donors (Lipinski definition) is 1. The number of carbonyl (C=O) groups is 1. The summed E-state index contributed by atoms with van der Waals surface area (Å²) in [6, 6.07) is 5.11. The Morgan fingerprint density at radius 2 is 1.75 bits per heavy atom. The highest BCUT2D eigenvalue weighted by Crippen LogP contribution is 2.27. The van der Waals surface area contributed by atoms with Crippen molar-refractivity contribution >= 4 is 26.2 Å². The Morgan fingerprint density at radius 3 is 2.21 bits per heavy atom. The number of halogens is 3. The number of rotatable bonds is 6. The van der Waals surface area contributed by atoms with E-state index in [-0.39, 0.29) is 4.90 Å². The van der Waals surface area contributed by atoms with Gasteiger partial charge in [0.2, 0.25) is 6.17 Å². The number of aryl methyl sites for hydroxylation is 1. The van der Waals surface area contributed by atoms with Gasteiger partial charge in [-0.3, -0.25) is 0 Å². The van der Waals surface area contributed by atoms with Gasteiger partial charge in [-0.1, -0.05) is 17.7 Å². The molecule has 1 aromatic rings. The van der Waals surface area contributed by atoms with Gasteiger partial charge in [-0.25, -0.2) is 30.7 Å². The molecule has 0 bridgehead atoms. The molecule has 0 aliphatic carbocycles. The van der Waals surface area contributed by atoms with Gasteiger partial charge in [-0.05, 0) is 19.1 Å². The largest absolute Gasteiger partial charge is 0.743 e. The summed E-state index contributed by atoms with van der Waals surface area (Å²) in [5.74, 6) is 0. The van der Waals surface area contributed by atoms with Crippen LogP contribution in [0.15, 0.2) is 29.2 Å². The van der Waals surface area contributed by atoms with Crippen LogP contribution in [0.25, 0.3) is 0 Å². The quantitative estimate of drug-likeness (QED) is 0.714. The summed E-state index contributed by atoms with van der Waals surface area (Å²) in [5, 5.41) is -5.33. The summed E-state index contributed by atoms with van der Waals surface area (Å²) in [6.07, 6.45) is -5.48. The Bertz CT molecular complexity index is 807. The summed E-state index contributed by atoms with van der Waals surface area (Å²) in [6.45, 7) is -0.173. The van der Waals surface area contributed by atoms with Crippen LogP contribution in [0.3, 0.4) is 0 Å². The molecule has 8 nitrogen and oxygen atoms in total. The Kier molecular flexibility index (Phi) is 5.84. The van der Waals surface area contributed by atoms with Crippen molar-refractivity contribution in [1.29, 1.82) is 0 Å². The zero-order valence-corrected chi connectivity index (χ0v) is 13.5. The summed E-state index contributed by atoms with van der Waals surface area (Å²) < 4.78 is 97.9. The molecule has 1 amide bonds. The molecule has 0 aromatic heterocycles. The van der Waals surface area contributed by atoms with Gasteiger partial charge in [0.25, 0.3) is 10.0 Å². The van der Waals surface area contributed by atoms with Crippen LogP contribution in [0.2, 0.25) is 0 Å². The molecule has 1 rings (SSSR count). The van der Waals surface area contributed by atoms with Crippen LogP contribution in [0, 0.1) is 6.92 Å².